The summed E-state index contributed by atoms with van der Waals surface area (Å²) in [6.45, 7) is 9.01. The molecule has 1 saturated heterocycles. The molecule has 8 heteroatoms. The van der Waals surface area contributed by atoms with Gasteiger partial charge in [0.25, 0.3) is 0 Å². The molecule has 0 aromatic rings. The first kappa shape index (κ1) is 28.7. The van der Waals surface area contributed by atoms with Gasteiger partial charge in [-0.1, -0.05) is 59.0 Å². The number of hydrogen-bond acceptors (Lipinski definition) is 4. The summed E-state index contributed by atoms with van der Waals surface area (Å²) in [5.41, 5.74) is 0.521. The molecule has 2 atom stereocenters. The Morgan fingerprint density at radius 3 is 2.42 bits per heavy atom. The highest BCUT2D eigenvalue weighted by Gasteiger charge is 2.34. The van der Waals surface area contributed by atoms with E-state index in [9.17, 15) is 19.2 Å². The Morgan fingerprint density at radius 1 is 1.12 bits per heavy atom. The van der Waals surface area contributed by atoms with Gasteiger partial charge < -0.3 is 20.4 Å². The summed E-state index contributed by atoms with van der Waals surface area (Å²) in [5.74, 6) is -0.391. The molecule has 1 aliphatic rings. The van der Waals surface area contributed by atoms with Crippen molar-refractivity contribution in [2.75, 3.05) is 26.7 Å². The molecule has 0 spiro atoms. The minimum atomic E-state index is -0.436. The summed E-state index contributed by atoms with van der Waals surface area (Å²) in [7, 11) is 1.67. The minimum Gasteiger partial charge on any atom is -0.354 e. The summed E-state index contributed by atoms with van der Waals surface area (Å²) >= 11 is 0. The highest BCUT2D eigenvalue weighted by molar-refractivity contribution is 5.97. The zero-order valence-corrected chi connectivity index (χ0v) is 21.2. The Balaban J connectivity index is 2.70. The standard InChI is InChI=1S/C25H44N4O4/c1-6-7-8-9-10-11-14-27-24(32)21-13-12-15-29(21)25(33)20(4)16-22(19(2)3)28(5)23(31)17-26-18-30/h16,18-19,21-22H,6-15,17H2,1-5H3,(H,26,30)(H,27,32)/t21-,22+/m0/s1. The van der Waals surface area contributed by atoms with Gasteiger partial charge in [0.2, 0.25) is 24.1 Å². The Kier molecular flexibility index (Phi) is 13.4. The van der Waals surface area contributed by atoms with E-state index in [1.54, 1.807) is 29.8 Å². The van der Waals surface area contributed by atoms with Crippen LogP contribution >= 0.6 is 0 Å². The quantitative estimate of drug-likeness (QED) is 0.221. The molecule has 0 aliphatic carbocycles. The van der Waals surface area contributed by atoms with E-state index in [2.05, 4.69) is 17.6 Å². The van der Waals surface area contributed by atoms with Crippen molar-refractivity contribution in [3.05, 3.63) is 11.6 Å². The molecule has 33 heavy (non-hydrogen) atoms. The number of unbranched alkanes of at least 4 members (excludes halogenated alkanes) is 5. The minimum absolute atomic E-state index is 0.0742. The third-order valence-electron chi connectivity index (χ3n) is 6.26. The maximum Gasteiger partial charge on any atom is 0.249 e. The van der Waals surface area contributed by atoms with Crippen molar-refractivity contribution in [1.82, 2.24) is 20.4 Å². The normalized spacial score (nSPS) is 17.1. The number of amides is 4. The van der Waals surface area contributed by atoms with Crippen LogP contribution in [0.25, 0.3) is 0 Å². The highest BCUT2D eigenvalue weighted by Crippen LogP contribution is 2.21. The van der Waals surface area contributed by atoms with E-state index in [0.29, 0.717) is 31.5 Å². The topological polar surface area (TPSA) is 98.8 Å². The zero-order valence-electron chi connectivity index (χ0n) is 21.2. The van der Waals surface area contributed by atoms with Crippen molar-refractivity contribution >= 4 is 24.1 Å². The maximum atomic E-state index is 13.2. The fraction of sp³-hybridized carbons (Fsp3) is 0.760. The number of rotatable bonds is 15. The van der Waals surface area contributed by atoms with Crippen LogP contribution in [-0.2, 0) is 19.2 Å². The van der Waals surface area contributed by atoms with Crippen LogP contribution in [0.4, 0.5) is 0 Å². The van der Waals surface area contributed by atoms with E-state index in [1.165, 1.54) is 25.7 Å². The van der Waals surface area contributed by atoms with Gasteiger partial charge in [-0.25, -0.2) is 0 Å². The zero-order chi connectivity index (χ0) is 24.8. The van der Waals surface area contributed by atoms with Crippen molar-refractivity contribution in [1.29, 1.82) is 0 Å². The molecule has 0 aromatic heterocycles. The molecule has 8 nitrogen and oxygen atoms in total. The fourth-order valence-corrected chi connectivity index (χ4v) is 4.24. The lowest BCUT2D eigenvalue weighted by atomic mass is 9.99. The maximum absolute atomic E-state index is 13.2. The summed E-state index contributed by atoms with van der Waals surface area (Å²) in [6.07, 6.45) is 10.8. The van der Waals surface area contributed by atoms with E-state index >= 15 is 0 Å². The molecule has 0 unspecified atom stereocenters. The molecule has 0 aromatic carbocycles. The second-order valence-electron chi connectivity index (χ2n) is 9.30. The summed E-state index contributed by atoms with van der Waals surface area (Å²) < 4.78 is 0. The molecule has 1 fully saturated rings. The van der Waals surface area contributed by atoms with Crippen LogP contribution in [0.15, 0.2) is 11.6 Å². The van der Waals surface area contributed by atoms with Crippen molar-refractivity contribution in [3.8, 4) is 0 Å². The lowest BCUT2D eigenvalue weighted by Crippen LogP contribution is -2.47. The second-order valence-corrected chi connectivity index (χ2v) is 9.30. The van der Waals surface area contributed by atoms with Crippen molar-refractivity contribution in [2.24, 2.45) is 5.92 Å². The monoisotopic (exact) mass is 464 g/mol. The van der Waals surface area contributed by atoms with E-state index in [4.69, 9.17) is 0 Å². The largest absolute Gasteiger partial charge is 0.354 e. The van der Waals surface area contributed by atoms with Crippen LogP contribution in [0.1, 0.15) is 79.1 Å². The van der Waals surface area contributed by atoms with Crippen molar-refractivity contribution in [3.63, 3.8) is 0 Å². The van der Waals surface area contributed by atoms with Gasteiger partial charge in [0.1, 0.15) is 6.04 Å². The second kappa shape index (κ2) is 15.5. The lowest BCUT2D eigenvalue weighted by molar-refractivity contribution is -0.135. The highest BCUT2D eigenvalue weighted by atomic mass is 16.2. The van der Waals surface area contributed by atoms with Crippen LogP contribution in [0, 0.1) is 5.92 Å². The SMILES string of the molecule is CCCCCCCCNC(=O)[C@@H]1CCCN1C(=O)C(C)=C[C@H](C(C)C)N(C)C(=O)CNC=O. The van der Waals surface area contributed by atoms with Gasteiger partial charge in [0, 0.05) is 25.7 Å². The van der Waals surface area contributed by atoms with Crippen molar-refractivity contribution in [2.45, 2.75) is 91.1 Å². The number of carbonyl (C=O) groups is 4. The number of likely N-dealkylation sites (tertiary alicyclic amines) is 1. The third-order valence-corrected chi connectivity index (χ3v) is 6.26. The smallest absolute Gasteiger partial charge is 0.249 e. The molecular weight excluding hydrogens is 420 g/mol. The average Bonchev–Trinajstić information content (AvgIpc) is 3.28. The molecule has 4 amide bonds. The van der Waals surface area contributed by atoms with E-state index < -0.39 is 6.04 Å². The van der Waals surface area contributed by atoms with Gasteiger partial charge in [0.05, 0.1) is 12.6 Å². The first-order valence-electron chi connectivity index (χ1n) is 12.4. The predicted octanol–water partition coefficient (Wildman–Crippen LogP) is 2.63. The Hall–Kier alpha value is -2.38. The first-order chi connectivity index (χ1) is 15.7. The van der Waals surface area contributed by atoms with E-state index in [0.717, 1.165) is 19.3 Å². The average molecular weight is 465 g/mol. The number of nitrogens with zero attached hydrogens (tertiary/aromatic N) is 2. The summed E-state index contributed by atoms with van der Waals surface area (Å²) in [4.78, 5) is 51.9. The first-order valence-corrected chi connectivity index (χ1v) is 12.4. The van der Waals surface area contributed by atoms with Crippen LogP contribution in [-0.4, -0.2) is 72.7 Å². The molecular formula is C25H44N4O4. The van der Waals surface area contributed by atoms with Gasteiger partial charge in [-0.2, -0.15) is 0 Å². The molecule has 0 radical (unpaired) electrons. The number of hydrogen-bond donors (Lipinski definition) is 2. The van der Waals surface area contributed by atoms with Crippen LogP contribution < -0.4 is 10.6 Å². The lowest BCUT2D eigenvalue weighted by Gasteiger charge is -2.30. The van der Waals surface area contributed by atoms with Gasteiger partial charge in [-0.15, -0.1) is 0 Å². The molecule has 2 N–H and O–H groups in total. The van der Waals surface area contributed by atoms with Crippen LogP contribution in [0.3, 0.4) is 0 Å². The molecule has 0 bridgehead atoms. The molecule has 1 aliphatic heterocycles. The van der Waals surface area contributed by atoms with Gasteiger partial charge >= 0.3 is 0 Å². The Morgan fingerprint density at radius 2 is 1.79 bits per heavy atom. The van der Waals surface area contributed by atoms with Crippen LogP contribution in [0.5, 0.6) is 0 Å². The molecule has 1 rings (SSSR count). The fourth-order valence-electron chi connectivity index (χ4n) is 4.24. The molecule has 1 heterocycles. The summed E-state index contributed by atoms with van der Waals surface area (Å²) in [6, 6.07) is -0.730. The number of carbonyl (C=O) groups excluding carboxylic acids is 4. The summed E-state index contributed by atoms with van der Waals surface area (Å²) in [5, 5.41) is 5.39. The molecule has 0 saturated carbocycles. The number of nitrogens with one attached hydrogen (secondary N) is 2. The Labute approximate surface area is 199 Å². The van der Waals surface area contributed by atoms with E-state index in [1.807, 2.05) is 13.8 Å². The third kappa shape index (κ3) is 9.56. The van der Waals surface area contributed by atoms with E-state index in [-0.39, 0.29) is 36.2 Å². The van der Waals surface area contributed by atoms with Gasteiger partial charge in [0.15, 0.2) is 0 Å². The Bertz CT molecular complexity index is 677. The molecule has 188 valence electrons. The van der Waals surface area contributed by atoms with Crippen molar-refractivity contribution < 1.29 is 19.2 Å². The predicted molar refractivity (Wildman–Crippen MR) is 130 cm³/mol. The number of likely N-dealkylation sites (N-methyl/N-ethyl adjacent to an activating group) is 1. The van der Waals surface area contributed by atoms with Gasteiger partial charge in [-0.05, 0) is 32.1 Å². The van der Waals surface area contributed by atoms with Crippen LogP contribution in [0.2, 0.25) is 0 Å². The van der Waals surface area contributed by atoms with Gasteiger partial charge in [-0.3, -0.25) is 19.2 Å².